The molecule has 0 fully saturated rings. The third-order valence-corrected chi connectivity index (χ3v) is 2.09. The third-order valence-electron chi connectivity index (χ3n) is 2.09. The first-order valence-electron chi connectivity index (χ1n) is 6.24. The molecule has 0 spiro atoms. The summed E-state index contributed by atoms with van der Waals surface area (Å²) in [5.41, 5.74) is 2.85. The molecule has 0 aromatic heterocycles. The number of hydrogen-bond donors (Lipinski definition) is 0. The summed E-state index contributed by atoms with van der Waals surface area (Å²) in [4.78, 5) is 0. The minimum atomic E-state index is 0.811. The molecular weight excluding hydrogens is 192 g/mol. The van der Waals surface area contributed by atoms with Crippen molar-refractivity contribution in [3.63, 3.8) is 0 Å². The summed E-state index contributed by atoms with van der Waals surface area (Å²) in [6.07, 6.45) is 2.52. The molecule has 0 unspecified atom stereocenters. The molecule has 0 heterocycles. The third kappa shape index (κ3) is 9.51. The van der Waals surface area contributed by atoms with Gasteiger partial charge in [-0.05, 0) is 31.2 Å². The number of hydrogen-bond acceptors (Lipinski definition) is 0. The lowest BCUT2D eigenvalue weighted by molar-refractivity contribution is 0.586. The van der Waals surface area contributed by atoms with Crippen molar-refractivity contribution in [3.05, 3.63) is 48.6 Å². The minimum Gasteiger partial charge on any atom is -0.106 e. The number of benzene rings is 1. The first-order chi connectivity index (χ1) is 7.68. The monoisotopic (exact) mass is 220 g/mol. The maximum Gasteiger partial charge on any atom is -0.0276 e. The fourth-order valence-electron chi connectivity index (χ4n) is 1.32. The smallest absolute Gasteiger partial charge is 0.0276 e. The van der Waals surface area contributed by atoms with Crippen LogP contribution in [-0.2, 0) is 6.42 Å². The van der Waals surface area contributed by atoms with Crippen LogP contribution in [0.4, 0.5) is 0 Å². The Labute approximate surface area is 102 Å². The van der Waals surface area contributed by atoms with Gasteiger partial charge in [0, 0.05) is 0 Å². The molecule has 0 saturated carbocycles. The maximum absolute atomic E-state index is 3.00. The van der Waals surface area contributed by atoms with Gasteiger partial charge in [-0.2, -0.15) is 0 Å². The lowest BCUT2D eigenvalue weighted by atomic mass is 10.0. The van der Waals surface area contributed by atoms with Gasteiger partial charge in [-0.1, -0.05) is 57.5 Å². The Morgan fingerprint density at radius 3 is 2.12 bits per heavy atom. The number of rotatable bonds is 3. The largest absolute Gasteiger partial charge is 0.106 e. The van der Waals surface area contributed by atoms with Crippen LogP contribution >= 0.6 is 0 Å². The van der Waals surface area contributed by atoms with Gasteiger partial charge >= 0.3 is 0 Å². The zero-order valence-corrected chi connectivity index (χ0v) is 11.7. The fraction of sp³-hybridized carbons (Fsp3) is 0.500. The van der Waals surface area contributed by atoms with E-state index in [4.69, 9.17) is 0 Å². The molecule has 1 rings (SSSR count). The van der Waals surface area contributed by atoms with Gasteiger partial charge in [0.2, 0.25) is 0 Å². The van der Waals surface area contributed by atoms with Gasteiger partial charge in [0.25, 0.3) is 0 Å². The van der Waals surface area contributed by atoms with E-state index >= 15 is 0 Å². The standard InChI is InChI=1S/C12H18.C2H6.C2H4/c1-10(2)7-8-12-6-4-5-11(3)9-12;2*1-2/h4-6,9-10H,7-8H2,1-3H3;1-2H3;1-2H2. The van der Waals surface area contributed by atoms with Crippen LogP contribution in [-0.4, -0.2) is 0 Å². The molecule has 0 bridgehead atoms. The van der Waals surface area contributed by atoms with Crippen molar-refractivity contribution in [2.45, 2.75) is 47.5 Å². The molecule has 16 heavy (non-hydrogen) atoms. The van der Waals surface area contributed by atoms with Crippen molar-refractivity contribution in [1.82, 2.24) is 0 Å². The van der Waals surface area contributed by atoms with Gasteiger partial charge < -0.3 is 0 Å². The fourth-order valence-corrected chi connectivity index (χ4v) is 1.32. The molecule has 0 N–H and O–H groups in total. The van der Waals surface area contributed by atoms with E-state index in [0.29, 0.717) is 0 Å². The summed E-state index contributed by atoms with van der Waals surface area (Å²) in [5, 5.41) is 0. The van der Waals surface area contributed by atoms with Crippen LogP contribution in [0.1, 0.15) is 45.2 Å². The van der Waals surface area contributed by atoms with E-state index in [1.165, 1.54) is 24.0 Å². The van der Waals surface area contributed by atoms with E-state index in [2.05, 4.69) is 58.2 Å². The molecule has 0 amide bonds. The van der Waals surface area contributed by atoms with Crippen molar-refractivity contribution in [2.24, 2.45) is 5.92 Å². The average molecular weight is 220 g/mol. The predicted molar refractivity (Wildman–Crippen MR) is 76.9 cm³/mol. The molecule has 1 aromatic rings. The van der Waals surface area contributed by atoms with Crippen molar-refractivity contribution in [3.8, 4) is 0 Å². The summed E-state index contributed by atoms with van der Waals surface area (Å²) in [6.45, 7) is 16.7. The highest BCUT2D eigenvalue weighted by Crippen LogP contribution is 2.10. The van der Waals surface area contributed by atoms with Gasteiger partial charge in [-0.25, -0.2) is 0 Å². The molecule has 92 valence electrons. The Morgan fingerprint density at radius 2 is 1.69 bits per heavy atom. The lowest BCUT2D eigenvalue weighted by Crippen LogP contribution is -1.92. The second kappa shape index (κ2) is 12.0. The summed E-state index contributed by atoms with van der Waals surface area (Å²) >= 11 is 0. The first-order valence-corrected chi connectivity index (χ1v) is 6.24. The van der Waals surface area contributed by atoms with Crippen LogP contribution in [0.3, 0.4) is 0 Å². The van der Waals surface area contributed by atoms with Crippen LogP contribution in [0.2, 0.25) is 0 Å². The van der Waals surface area contributed by atoms with E-state index in [-0.39, 0.29) is 0 Å². The molecule has 0 aliphatic carbocycles. The van der Waals surface area contributed by atoms with E-state index in [1.54, 1.807) is 0 Å². The van der Waals surface area contributed by atoms with Crippen molar-refractivity contribution >= 4 is 0 Å². The van der Waals surface area contributed by atoms with Gasteiger partial charge in [0.15, 0.2) is 0 Å². The highest BCUT2D eigenvalue weighted by atomic mass is 14.0. The topological polar surface area (TPSA) is 0 Å². The zero-order valence-electron chi connectivity index (χ0n) is 11.7. The molecule has 0 radical (unpaired) electrons. The molecule has 0 saturated heterocycles. The van der Waals surface area contributed by atoms with Gasteiger partial charge in [0.05, 0.1) is 0 Å². The Hall–Kier alpha value is -1.04. The predicted octanol–water partition coefficient (Wildman–Crippen LogP) is 5.41. The molecule has 0 atom stereocenters. The van der Waals surface area contributed by atoms with E-state index in [9.17, 15) is 0 Å². The first kappa shape index (κ1) is 17.4. The van der Waals surface area contributed by atoms with Gasteiger partial charge in [-0.3, -0.25) is 0 Å². The van der Waals surface area contributed by atoms with Crippen LogP contribution in [0.5, 0.6) is 0 Å². The Morgan fingerprint density at radius 1 is 1.12 bits per heavy atom. The normalized spacial score (nSPS) is 8.62. The Balaban J connectivity index is 0. The summed E-state index contributed by atoms with van der Waals surface area (Å²) in [5.74, 6) is 0.811. The second-order valence-electron chi connectivity index (χ2n) is 3.92. The van der Waals surface area contributed by atoms with Crippen LogP contribution in [0, 0.1) is 12.8 Å². The molecule has 0 aliphatic rings. The van der Waals surface area contributed by atoms with Crippen LogP contribution < -0.4 is 0 Å². The van der Waals surface area contributed by atoms with Gasteiger partial charge in [-0.15, -0.1) is 13.2 Å². The molecule has 0 aliphatic heterocycles. The molecule has 0 nitrogen and oxygen atoms in total. The van der Waals surface area contributed by atoms with Crippen molar-refractivity contribution in [2.75, 3.05) is 0 Å². The number of aryl methyl sites for hydroxylation is 2. The summed E-state index contributed by atoms with van der Waals surface area (Å²) in [7, 11) is 0. The lowest BCUT2D eigenvalue weighted by Gasteiger charge is -2.04. The minimum absolute atomic E-state index is 0.811. The maximum atomic E-state index is 3.00. The van der Waals surface area contributed by atoms with Crippen molar-refractivity contribution < 1.29 is 0 Å². The van der Waals surface area contributed by atoms with Crippen LogP contribution in [0.15, 0.2) is 37.4 Å². The second-order valence-corrected chi connectivity index (χ2v) is 3.92. The van der Waals surface area contributed by atoms with E-state index in [1.807, 2.05) is 13.8 Å². The van der Waals surface area contributed by atoms with E-state index in [0.717, 1.165) is 5.92 Å². The molecule has 0 heteroatoms. The zero-order chi connectivity index (χ0) is 13.0. The Bertz CT molecular complexity index is 248. The molecule has 1 aromatic carbocycles. The highest BCUT2D eigenvalue weighted by Gasteiger charge is 1.96. The molecular formula is C16H28. The van der Waals surface area contributed by atoms with Gasteiger partial charge in [0.1, 0.15) is 0 Å². The highest BCUT2D eigenvalue weighted by molar-refractivity contribution is 5.22. The SMILES string of the molecule is C=C.CC.Cc1cccc(CCC(C)C)c1. The van der Waals surface area contributed by atoms with Crippen molar-refractivity contribution in [1.29, 1.82) is 0 Å². The summed E-state index contributed by atoms with van der Waals surface area (Å²) in [6, 6.07) is 8.79. The average Bonchev–Trinajstić information content (AvgIpc) is 2.32. The van der Waals surface area contributed by atoms with Crippen LogP contribution in [0.25, 0.3) is 0 Å². The Kier molecular flexibility index (Phi) is 13.1. The summed E-state index contributed by atoms with van der Waals surface area (Å²) < 4.78 is 0. The van der Waals surface area contributed by atoms with E-state index < -0.39 is 0 Å². The quantitative estimate of drug-likeness (QED) is 0.597.